The molecule has 0 spiro atoms. The monoisotopic (exact) mass is 273 g/mol. The van der Waals surface area contributed by atoms with E-state index in [1.54, 1.807) is 12.1 Å². The molecule has 2 heteroatoms. The van der Waals surface area contributed by atoms with Crippen LogP contribution >= 0.6 is 0 Å². The number of rotatable bonds is 5. The molecule has 0 aromatic heterocycles. The second kappa shape index (κ2) is 4.84. The molecule has 3 fully saturated rings. The van der Waals surface area contributed by atoms with Gasteiger partial charge in [-0.1, -0.05) is 25.1 Å². The van der Waals surface area contributed by atoms with E-state index in [0.29, 0.717) is 6.04 Å². The van der Waals surface area contributed by atoms with Crippen molar-refractivity contribution in [2.24, 2.45) is 29.6 Å². The molecule has 2 bridgehead atoms. The molecule has 0 radical (unpaired) electrons. The summed E-state index contributed by atoms with van der Waals surface area (Å²) in [5.41, 5.74) is 0.885. The van der Waals surface area contributed by atoms with E-state index in [2.05, 4.69) is 12.2 Å². The lowest BCUT2D eigenvalue weighted by atomic mass is 9.93. The molecule has 5 atom stereocenters. The van der Waals surface area contributed by atoms with Gasteiger partial charge in [0.1, 0.15) is 5.82 Å². The van der Waals surface area contributed by atoms with Crippen molar-refractivity contribution in [1.29, 1.82) is 0 Å². The Morgan fingerprint density at radius 2 is 1.90 bits per heavy atom. The summed E-state index contributed by atoms with van der Waals surface area (Å²) in [5.74, 6) is 4.70. The minimum atomic E-state index is -0.0378. The zero-order valence-corrected chi connectivity index (χ0v) is 12.2. The van der Waals surface area contributed by atoms with Crippen LogP contribution in [0.1, 0.15) is 31.7 Å². The molecule has 0 saturated heterocycles. The minimum Gasteiger partial charge on any atom is -0.314 e. The van der Waals surface area contributed by atoms with Crippen molar-refractivity contribution in [2.45, 2.75) is 38.6 Å². The molecule has 20 heavy (non-hydrogen) atoms. The van der Waals surface area contributed by atoms with Crippen LogP contribution in [0.25, 0.3) is 0 Å². The van der Waals surface area contributed by atoms with Gasteiger partial charge in [-0.25, -0.2) is 4.39 Å². The standard InChI is InChI=1S/C18H24FN/c1-2-20-15(10-11-5-3-4-6-14(11)19)18-16-12-7-8-13(9-12)17(16)18/h3-6,12-13,15-18,20H,2,7-10H2,1H3. The van der Waals surface area contributed by atoms with Crippen LogP contribution in [0.3, 0.4) is 0 Å². The van der Waals surface area contributed by atoms with E-state index < -0.39 is 0 Å². The first kappa shape index (κ1) is 12.8. The predicted molar refractivity (Wildman–Crippen MR) is 78.9 cm³/mol. The fourth-order valence-electron chi connectivity index (χ4n) is 5.44. The lowest BCUT2D eigenvalue weighted by molar-refractivity contribution is 0.363. The molecule has 0 aliphatic heterocycles. The third-order valence-electron chi connectivity index (χ3n) is 6.12. The fraction of sp³-hybridized carbons (Fsp3) is 0.667. The first-order chi connectivity index (χ1) is 9.79. The van der Waals surface area contributed by atoms with Crippen LogP contribution in [0.5, 0.6) is 0 Å². The van der Waals surface area contributed by atoms with Crippen molar-refractivity contribution >= 4 is 0 Å². The first-order valence-electron chi connectivity index (χ1n) is 8.26. The Balaban J connectivity index is 1.50. The summed E-state index contributed by atoms with van der Waals surface area (Å²) >= 11 is 0. The highest BCUT2D eigenvalue weighted by Gasteiger charge is 2.66. The number of nitrogens with one attached hydrogen (secondary N) is 1. The number of fused-ring (bicyclic) bond motifs is 5. The summed E-state index contributed by atoms with van der Waals surface area (Å²) in [6.45, 7) is 3.16. The SMILES string of the molecule is CCNC(Cc1ccccc1F)C1C2C3CCC(C3)C21. The number of benzene rings is 1. The van der Waals surface area contributed by atoms with Crippen LogP contribution in [-0.4, -0.2) is 12.6 Å². The Bertz CT molecular complexity index is 484. The topological polar surface area (TPSA) is 12.0 Å². The van der Waals surface area contributed by atoms with Gasteiger partial charge in [-0.15, -0.1) is 0 Å². The average Bonchev–Trinajstić information content (AvgIpc) is 2.88. The lowest BCUT2D eigenvalue weighted by Crippen LogP contribution is -2.35. The molecule has 108 valence electrons. The van der Waals surface area contributed by atoms with Gasteiger partial charge in [0.2, 0.25) is 0 Å². The van der Waals surface area contributed by atoms with Gasteiger partial charge >= 0.3 is 0 Å². The molecule has 5 unspecified atom stereocenters. The van der Waals surface area contributed by atoms with Crippen molar-refractivity contribution in [3.8, 4) is 0 Å². The highest BCUT2D eigenvalue weighted by atomic mass is 19.1. The third-order valence-corrected chi connectivity index (χ3v) is 6.12. The average molecular weight is 273 g/mol. The highest BCUT2D eigenvalue weighted by Crippen LogP contribution is 2.70. The van der Waals surface area contributed by atoms with Crippen molar-refractivity contribution in [1.82, 2.24) is 5.32 Å². The molecule has 4 rings (SSSR count). The fourth-order valence-corrected chi connectivity index (χ4v) is 5.44. The number of halogens is 1. The molecular weight excluding hydrogens is 249 g/mol. The minimum absolute atomic E-state index is 0.0378. The second-order valence-corrected chi connectivity index (χ2v) is 7.02. The summed E-state index contributed by atoms with van der Waals surface area (Å²) in [4.78, 5) is 0. The largest absolute Gasteiger partial charge is 0.314 e. The molecule has 0 amide bonds. The first-order valence-corrected chi connectivity index (χ1v) is 8.26. The smallest absolute Gasteiger partial charge is 0.126 e. The zero-order valence-electron chi connectivity index (χ0n) is 12.2. The lowest BCUT2D eigenvalue weighted by Gasteiger charge is -2.22. The van der Waals surface area contributed by atoms with Crippen molar-refractivity contribution in [2.75, 3.05) is 6.54 Å². The van der Waals surface area contributed by atoms with Gasteiger partial charge in [-0.05, 0) is 73.4 Å². The number of hydrogen-bond donors (Lipinski definition) is 1. The molecule has 1 aromatic carbocycles. The summed E-state index contributed by atoms with van der Waals surface area (Å²) in [5, 5.41) is 3.65. The van der Waals surface area contributed by atoms with E-state index in [4.69, 9.17) is 0 Å². The molecule has 3 aliphatic rings. The van der Waals surface area contributed by atoms with E-state index in [1.807, 2.05) is 12.1 Å². The van der Waals surface area contributed by atoms with E-state index >= 15 is 0 Å². The Hall–Kier alpha value is -0.890. The Morgan fingerprint density at radius 1 is 1.20 bits per heavy atom. The highest BCUT2D eigenvalue weighted by molar-refractivity contribution is 5.22. The summed E-state index contributed by atoms with van der Waals surface area (Å²) in [6.07, 6.45) is 5.27. The van der Waals surface area contributed by atoms with Crippen LogP contribution in [0, 0.1) is 35.4 Å². The van der Waals surface area contributed by atoms with Gasteiger partial charge in [0.15, 0.2) is 0 Å². The molecule has 3 saturated carbocycles. The molecule has 1 aromatic rings. The second-order valence-electron chi connectivity index (χ2n) is 7.02. The van der Waals surface area contributed by atoms with Crippen LogP contribution in [-0.2, 0) is 6.42 Å². The van der Waals surface area contributed by atoms with E-state index in [0.717, 1.165) is 48.1 Å². The maximum atomic E-state index is 13.9. The molecule has 1 nitrogen and oxygen atoms in total. The van der Waals surface area contributed by atoms with E-state index in [9.17, 15) is 4.39 Å². The Labute approximate surface area is 121 Å². The van der Waals surface area contributed by atoms with Gasteiger partial charge in [-0.3, -0.25) is 0 Å². The predicted octanol–water partition coefficient (Wildman–Crippen LogP) is 3.64. The molecule has 1 N–H and O–H groups in total. The summed E-state index contributed by atoms with van der Waals surface area (Å²) in [7, 11) is 0. The van der Waals surface area contributed by atoms with Gasteiger partial charge in [-0.2, -0.15) is 0 Å². The number of likely N-dealkylation sites (N-methyl/N-ethyl adjacent to an activating group) is 1. The van der Waals surface area contributed by atoms with Gasteiger partial charge < -0.3 is 5.32 Å². The van der Waals surface area contributed by atoms with Gasteiger partial charge in [0.05, 0.1) is 0 Å². The van der Waals surface area contributed by atoms with Crippen LogP contribution in [0.15, 0.2) is 24.3 Å². The van der Waals surface area contributed by atoms with E-state index in [1.165, 1.54) is 19.3 Å². The van der Waals surface area contributed by atoms with Crippen molar-refractivity contribution in [3.05, 3.63) is 35.6 Å². The number of hydrogen-bond acceptors (Lipinski definition) is 1. The maximum Gasteiger partial charge on any atom is 0.126 e. The van der Waals surface area contributed by atoms with Gasteiger partial charge in [0.25, 0.3) is 0 Å². The van der Waals surface area contributed by atoms with Crippen LogP contribution in [0.2, 0.25) is 0 Å². The van der Waals surface area contributed by atoms with Crippen molar-refractivity contribution < 1.29 is 4.39 Å². The molecule has 0 heterocycles. The quantitative estimate of drug-likeness (QED) is 0.863. The summed E-state index contributed by atoms with van der Waals surface area (Å²) in [6, 6.07) is 7.77. The Kier molecular flexibility index (Phi) is 3.10. The third kappa shape index (κ3) is 1.92. The van der Waals surface area contributed by atoms with E-state index in [-0.39, 0.29) is 5.82 Å². The van der Waals surface area contributed by atoms with Crippen LogP contribution in [0.4, 0.5) is 4.39 Å². The Morgan fingerprint density at radius 3 is 2.55 bits per heavy atom. The maximum absolute atomic E-state index is 13.9. The summed E-state index contributed by atoms with van der Waals surface area (Å²) < 4.78 is 13.9. The van der Waals surface area contributed by atoms with Gasteiger partial charge in [0, 0.05) is 6.04 Å². The normalized spacial score (nSPS) is 38.8. The molecular formula is C18H24FN. The molecule has 3 aliphatic carbocycles. The van der Waals surface area contributed by atoms with Crippen molar-refractivity contribution in [3.63, 3.8) is 0 Å². The zero-order chi connectivity index (χ0) is 13.7. The van der Waals surface area contributed by atoms with Crippen LogP contribution < -0.4 is 5.32 Å².